The van der Waals surface area contributed by atoms with E-state index in [4.69, 9.17) is 29.6 Å². The zero-order valence-electron chi connectivity index (χ0n) is 14.9. The molecule has 1 fully saturated rings. The second-order valence-electron chi connectivity index (χ2n) is 5.54. The summed E-state index contributed by atoms with van der Waals surface area (Å²) in [5, 5.41) is 14.7. The van der Waals surface area contributed by atoms with E-state index in [1.165, 1.54) is 6.92 Å². The Morgan fingerprint density at radius 3 is 2.33 bits per heavy atom. The number of carbonyl (C=O) groups is 4. The lowest BCUT2D eigenvalue weighted by atomic mass is 9.95. The number of rotatable bonds is 8. The highest BCUT2D eigenvalue weighted by molar-refractivity contribution is 5.73. The maximum absolute atomic E-state index is 11.5. The molecule has 0 bridgehead atoms. The second kappa shape index (κ2) is 10.3. The van der Waals surface area contributed by atoms with Crippen molar-refractivity contribution in [1.29, 1.82) is 0 Å². The first-order chi connectivity index (χ1) is 12.6. The Labute approximate surface area is 153 Å². The number of carbonyl (C=O) groups excluding carboxylic acids is 3. The van der Waals surface area contributed by atoms with E-state index in [-0.39, 0.29) is 6.61 Å². The molecule has 2 N–H and O–H groups in total. The molecule has 0 spiro atoms. The number of nitrogens with one attached hydrogen (secondary N) is 1. The fraction of sp³-hybridized carbons (Fsp3) is 0.714. The van der Waals surface area contributed by atoms with E-state index >= 15 is 0 Å². The highest BCUT2D eigenvalue weighted by Crippen LogP contribution is 2.27. The van der Waals surface area contributed by atoms with Gasteiger partial charge in [-0.2, -0.15) is 0 Å². The first-order valence-corrected chi connectivity index (χ1v) is 7.76. The van der Waals surface area contributed by atoms with Gasteiger partial charge in [-0.15, -0.1) is 0 Å². The molecular formula is C14H20N4O9. The van der Waals surface area contributed by atoms with Gasteiger partial charge in [0.05, 0.1) is 0 Å². The number of aliphatic carboxylic acids is 1. The molecule has 1 saturated heterocycles. The minimum atomic E-state index is -1.33. The van der Waals surface area contributed by atoms with Gasteiger partial charge in [-0.05, 0) is 5.53 Å². The van der Waals surface area contributed by atoms with Crippen LogP contribution in [0.2, 0.25) is 0 Å². The Balaban J connectivity index is 3.26. The van der Waals surface area contributed by atoms with Gasteiger partial charge in [-0.3, -0.25) is 14.4 Å². The number of esters is 2. The highest BCUT2D eigenvalue weighted by atomic mass is 16.6. The van der Waals surface area contributed by atoms with E-state index in [9.17, 15) is 19.2 Å². The topological polar surface area (TPSA) is 186 Å². The highest BCUT2D eigenvalue weighted by Gasteiger charge is 2.49. The SMILES string of the molecule is CC(=O)N[C@@H]1[C@@H](OC(C)=O)[C@H](OCC(=O)O)[C@@H](COC(C)=O)O[C@H]1N=[N+]=[N-]. The predicted octanol–water partition coefficient (Wildman–Crippen LogP) is -0.509. The number of ether oxygens (including phenoxy) is 4. The maximum atomic E-state index is 11.5. The molecule has 1 rings (SSSR count). The van der Waals surface area contributed by atoms with Gasteiger partial charge < -0.3 is 29.4 Å². The first-order valence-electron chi connectivity index (χ1n) is 7.76. The van der Waals surface area contributed by atoms with Crippen LogP contribution in [0.1, 0.15) is 20.8 Å². The molecule has 13 nitrogen and oxygen atoms in total. The van der Waals surface area contributed by atoms with Crippen LogP contribution in [-0.4, -0.2) is 72.7 Å². The molecule has 0 aromatic rings. The van der Waals surface area contributed by atoms with Gasteiger partial charge in [0.1, 0.15) is 31.5 Å². The van der Waals surface area contributed by atoms with Crippen LogP contribution in [0.5, 0.6) is 0 Å². The van der Waals surface area contributed by atoms with Crippen molar-refractivity contribution < 1.29 is 43.2 Å². The van der Waals surface area contributed by atoms with Gasteiger partial charge in [-0.1, -0.05) is 5.11 Å². The van der Waals surface area contributed by atoms with Crippen molar-refractivity contribution in [3.8, 4) is 0 Å². The number of azide groups is 1. The molecule has 1 heterocycles. The Morgan fingerprint density at radius 2 is 1.85 bits per heavy atom. The molecule has 0 saturated carbocycles. The third kappa shape index (κ3) is 7.09. The van der Waals surface area contributed by atoms with Crippen LogP contribution < -0.4 is 5.32 Å². The molecule has 150 valence electrons. The van der Waals surface area contributed by atoms with Crippen molar-refractivity contribution >= 4 is 23.8 Å². The minimum absolute atomic E-state index is 0.387. The summed E-state index contributed by atoms with van der Waals surface area (Å²) in [5.41, 5.74) is 8.75. The summed E-state index contributed by atoms with van der Waals surface area (Å²) in [4.78, 5) is 47.6. The third-order valence-electron chi connectivity index (χ3n) is 3.35. The molecule has 0 aromatic carbocycles. The zero-order chi connectivity index (χ0) is 20.6. The summed E-state index contributed by atoms with van der Waals surface area (Å²) in [6.07, 6.45) is -4.95. The van der Waals surface area contributed by atoms with E-state index in [1.807, 2.05) is 0 Å². The number of hydrogen-bond acceptors (Lipinski definition) is 9. The van der Waals surface area contributed by atoms with Crippen LogP contribution in [0, 0.1) is 0 Å². The fourth-order valence-electron chi connectivity index (χ4n) is 2.49. The molecular weight excluding hydrogens is 368 g/mol. The molecule has 13 heteroatoms. The van der Waals surface area contributed by atoms with E-state index in [0.29, 0.717) is 0 Å². The smallest absolute Gasteiger partial charge is 0.329 e. The van der Waals surface area contributed by atoms with E-state index in [1.54, 1.807) is 0 Å². The summed E-state index contributed by atoms with van der Waals surface area (Å²) in [6, 6.07) is -1.16. The van der Waals surface area contributed by atoms with Crippen LogP contribution >= 0.6 is 0 Å². The molecule has 0 aliphatic carbocycles. The van der Waals surface area contributed by atoms with Crippen molar-refractivity contribution in [2.75, 3.05) is 13.2 Å². The molecule has 1 aliphatic heterocycles. The quantitative estimate of drug-likeness (QED) is 0.239. The average molecular weight is 388 g/mol. The summed E-state index contributed by atoms with van der Waals surface area (Å²) < 4.78 is 20.8. The van der Waals surface area contributed by atoms with Crippen LogP contribution in [-0.2, 0) is 38.1 Å². The average Bonchev–Trinajstić information content (AvgIpc) is 2.54. The summed E-state index contributed by atoms with van der Waals surface area (Å²) in [5.74, 6) is -3.26. The van der Waals surface area contributed by atoms with Crippen molar-refractivity contribution in [2.45, 2.75) is 51.4 Å². The third-order valence-corrected chi connectivity index (χ3v) is 3.35. The lowest BCUT2D eigenvalue weighted by Crippen LogP contribution is -2.65. The monoisotopic (exact) mass is 388 g/mol. The normalized spacial score (nSPS) is 27.0. The van der Waals surface area contributed by atoms with Gasteiger partial charge >= 0.3 is 17.9 Å². The van der Waals surface area contributed by atoms with Crippen molar-refractivity contribution in [3.63, 3.8) is 0 Å². The van der Waals surface area contributed by atoms with E-state index in [0.717, 1.165) is 13.8 Å². The molecule has 0 unspecified atom stereocenters. The maximum Gasteiger partial charge on any atom is 0.329 e. The van der Waals surface area contributed by atoms with Crippen molar-refractivity contribution in [3.05, 3.63) is 10.4 Å². The number of nitrogens with zero attached hydrogens (tertiary/aromatic N) is 3. The van der Waals surface area contributed by atoms with E-state index < -0.39 is 61.0 Å². The molecule has 1 amide bonds. The second-order valence-corrected chi connectivity index (χ2v) is 5.54. The lowest BCUT2D eigenvalue weighted by molar-refractivity contribution is -0.224. The Bertz CT molecular complexity index is 634. The molecule has 5 atom stereocenters. The number of carboxylic acid groups (broad SMARTS) is 1. The largest absolute Gasteiger partial charge is 0.480 e. The van der Waals surface area contributed by atoms with Gasteiger partial charge in [0, 0.05) is 25.7 Å². The molecule has 27 heavy (non-hydrogen) atoms. The van der Waals surface area contributed by atoms with Crippen molar-refractivity contribution in [1.82, 2.24) is 5.32 Å². The molecule has 0 aromatic heterocycles. The van der Waals surface area contributed by atoms with Gasteiger partial charge in [-0.25, -0.2) is 4.79 Å². The van der Waals surface area contributed by atoms with Crippen molar-refractivity contribution in [2.24, 2.45) is 5.11 Å². The van der Waals surface area contributed by atoms with Crippen LogP contribution in [0.25, 0.3) is 10.4 Å². The number of carboxylic acids is 1. The zero-order valence-corrected chi connectivity index (χ0v) is 14.9. The lowest BCUT2D eigenvalue weighted by Gasteiger charge is -2.44. The van der Waals surface area contributed by atoms with Crippen LogP contribution in [0.15, 0.2) is 5.11 Å². The number of amides is 1. The van der Waals surface area contributed by atoms with Crippen LogP contribution in [0.4, 0.5) is 0 Å². The molecule has 0 radical (unpaired) electrons. The fourth-order valence-corrected chi connectivity index (χ4v) is 2.49. The predicted molar refractivity (Wildman–Crippen MR) is 85.0 cm³/mol. The Hall–Kier alpha value is -2.89. The van der Waals surface area contributed by atoms with E-state index in [2.05, 4.69) is 15.3 Å². The van der Waals surface area contributed by atoms with Crippen LogP contribution in [0.3, 0.4) is 0 Å². The van der Waals surface area contributed by atoms with Gasteiger partial charge in [0.25, 0.3) is 0 Å². The summed E-state index contributed by atoms with van der Waals surface area (Å²) >= 11 is 0. The Morgan fingerprint density at radius 1 is 1.19 bits per heavy atom. The molecule has 1 aliphatic rings. The summed E-state index contributed by atoms with van der Waals surface area (Å²) in [6.45, 7) is 2.25. The Kier molecular flexibility index (Phi) is 8.45. The minimum Gasteiger partial charge on any atom is -0.480 e. The number of hydrogen-bond donors (Lipinski definition) is 2. The standard InChI is InChI=1S/C14H20N4O9/c1-6(19)16-11-13(26-8(3)21)12(25-5-10(22)23)9(4-24-7(2)20)27-14(11)17-18-15/h9,11-14H,4-5H2,1-3H3,(H,16,19)(H,22,23)/t9-,11-,12-,13-,14-/m1/s1. The first kappa shape index (κ1) is 22.2. The summed E-state index contributed by atoms with van der Waals surface area (Å²) in [7, 11) is 0. The van der Waals surface area contributed by atoms with Gasteiger partial charge in [0.15, 0.2) is 12.3 Å². The van der Waals surface area contributed by atoms with Gasteiger partial charge in [0.2, 0.25) is 5.91 Å².